The largest absolute Gasteiger partial charge is 0.326 e. The predicted molar refractivity (Wildman–Crippen MR) is 103 cm³/mol. The Balaban J connectivity index is 1.79. The fraction of sp³-hybridized carbons (Fsp3) is 0.579. The second-order valence-electron chi connectivity index (χ2n) is 6.87. The van der Waals surface area contributed by atoms with Gasteiger partial charge in [0.25, 0.3) is 0 Å². The van der Waals surface area contributed by atoms with E-state index in [0.717, 1.165) is 24.8 Å². The summed E-state index contributed by atoms with van der Waals surface area (Å²) in [6, 6.07) is 5.21. The third kappa shape index (κ3) is 5.92. The predicted octanol–water partition coefficient (Wildman–Crippen LogP) is 3.12. The molecular formula is C19H28N2O4S. The number of anilines is 1. The number of nitrogens with one attached hydrogen (secondary N) is 1. The molecule has 1 fully saturated rings. The maximum atomic E-state index is 12.3. The van der Waals surface area contributed by atoms with Crippen LogP contribution in [0.15, 0.2) is 18.2 Å². The summed E-state index contributed by atoms with van der Waals surface area (Å²) < 4.78 is 26.1. The van der Waals surface area contributed by atoms with Crippen LogP contribution in [0.1, 0.15) is 61.4 Å². The molecule has 1 amide bonds. The van der Waals surface area contributed by atoms with Crippen molar-refractivity contribution in [2.45, 2.75) is 52.4 Å². The van der Waals surface area contributed by atoms with Crippen LogP contribution in [0, 0.1) is 6.92 Å². The topological polar surface area (TPSA) is 83.5 Å². The van der Waals surface area contributed by atoms with Gasteiger partial charge in [-0.2, -0.15) is 0 Å². The second-order valence-corrected chi connectivity index (χ2v) is 8.96. The summed E-state index contributed by atoms with van der Waals surface area (Å²) in [6.45, 7) is 4.59. The molecule has 1 aromatic carbocycles. The van der Waals surface area contributed by atoms with Crippen LogP contribution in [0.4, 0.5) is 5.69 Å². The average Bonchev–Trinajstić information content (AvgIpc) is 2.61. The zero-order chi connectivity index (χ0) is 19.2. The Kier molecular flexibility index (Phi) is 7.34. The molecule has 6 nitrogen and oxygen atoms in total. The molecule has 26 heavy (non-hydrogen) atoms. The Morgan fingerprint density at radius 3 is 2.46 bits per heavy atom. The Morgan fingerprint density at radius 2 is 1.81 bits per heavy atom. The number of rotatable bonds is 8. The first-order chi connectivity index (χ1) is 12.3. The van der Waals surface area contributed by atoms with Gasteiger partial charge in [0.05, 0.1) is 5.75 Å². The molecule has 2 rings (SSSR count). The lowest BCUT2D eigenvalue weighted by atomic mass is 10.1. The molecule has 1 aliphatic heterocycles. The summed E-state index contributed by atoms with van der Waals surface area (Å²) in [7, 11) is -3.20. The number of unbranched alkanes of at least 4 members (excludes halogenated alkanes) is 1. The molecule has 7 heteroatoms. The molecule has 0 aliphatic carbocycles. The van der Waals surface area contributed by atoms with Gasteiger partial charge in [0.15, 0.2) is 5.78 Å². The summed E-state index contributed by atoms with van der Waals surface area (Å²) in [5.41, 5.74) is 2.07. The van der Waals surface area contributed by atoms with E-state index in [-0.39, 0.29) is 23.9 Å². The van der Waals surface area contributed by atoms with Gasteiger partial charge in [0.2, 0.25) is 15.9 Å². The van der Waals surface area contributed by atoms with Gasteiger partial charge in [-0.1, -0.05) is 18.6 Å². The number of benzene rings is 1. The minimum absolute atomic E-state index is 0.0524. The van der Waals surface area contributed by atoms with Gasteiger partial charge in [-0.25, -0.2) is 12.7 Å². The summed E-state index contributed by atoms with van der Waals surface area (Å²) in [5.74, 6) is -0.119. The Labute approximate surface area is 156 Å². The fourth-order valence-electron chi connectivity index (χ4n) is 3.03. The minimum Gasteiger partial charge on any atom is -0.326 e. The first-order valence-electron chi connectivity index (χ1n) is 9.19. The SMILES string of the molecule is CC(=O)c1ccc(C)c(NC(=O)CCCCS(=O)(=O)N2CCCCC2)c1. The van der Waals surface area contributed by atoms with Gasteiger partial charge in [0.1, 0.15) is 0 Å². The van der Waals surface area contributed by atoms with Crippen LogP contribution in [0.2, 0.25) is 0 Å². The first kappa shape index (κ1) is 20.6. The number of hydrogen-bond donors (Lipinski definition) is 1. The van der Waals surface area contributed by atoms with E-state index in [2.05, 4.69) is 5.32 Å². The summed E-state index contributed by atoms with van der Waals surface area (Å²) in [4.78, 5) is 23.6. The number of carbonyl (C=O) groups excluding carboxylic acids is 2. The second kappa shape index (κ2) is 9.28. The number of nitrogens with zero attached hydrogens (tertiary/aromatic N) is 1. The molecule has 1 aromatic rings. The van der Waals surface area contributed by atoms with E-state index >= 15 is 0 Å². The number of carbonyl (C=O) groups is 2. The summed E-state index contributed by atoms with van der Waals surface area (Å²) in [5, 5.41) is 2.82. The number of aryl methyl sites for hydroxylation is 1. The van der Waals surface area contributed by atoms with E-state index in [9.17, 15) is 18.0 Å². The molecule has 0 aromatic heterocycles. The van der Waals surface area contributed by atoms with Crippen molar-refractivity contribution in [1.29, 1.82) is 0 Å². The molecule has 0 spiro atoms. The molecule has 1 saturated heterocycles. The van der Waals surface area contributed by atoms with Crippen molar-refractivity contribution in [2.75, 3.05) is 24.2 Å². The van der Waals surface area contributed by atoms with Crippen LogP contribution in [0.5, 0.6) is 0 Å². The van der Waals surface area contributed by atoms with Gasteiger partial charge < -0.3 is 5.32 Å². The highest BCUT2D eigenvalue weighted by Crippen LogP contribution is 2.18. The lowest BCUT2D eigenvalue weighted by Crippen LogP contribution is -2.37. The number of amides is 1. The molecule has 1 aliphatic rings. The van der Waals surface area contributed by atoms with Crippen LogP contribution in [0.3, 0.4) is 0 Å². The van der Waals surface area contributed by atoms with Gasteiger partial charge in [-0.15, -0.1) is 0 Å². The highest BCUT2D eigenvalue weighted by molar-refractivity contribution is 7.89. The van der Waals surface area contributed by atoms with Crippen molar-refractivity contribution >= 4 is 27.4 Å². The lowest BCUT2D eigenvalue weighted by molar-refractivity contribution is -0.116. The Hall–Kier alpha value is -1.73. The molecular weight excluding hydrogens is 352 g/mol. The number of hydrogen-bond acceptors (Lipinski definition) is 4. The number of Topliss-reactive ketones (excluding diaryl/α,β-unsaturated/α-hetero) is 1. The molecule has 0 saturated carbocycles. The normalized spacial score (nSPS) is 15.6. The van der Waals surface area contributed by atoms with Gasteiger partial charge in [0, 0.05) is 30.8 Å². The third-order valence-corrected chi connectivity index (χ3v) is 6.64. The van der Waals surface area contributed by atoms with Crippen LogP contribution < -0.4 is 5.32 Å². The van der Waals surface area contributed by atoms with E-state index in [1.54, 1.807) is 22.5 Å². The van der Waals surface area contributed by atoms with Crippen LogP contribution in [-0.4, -0.2) is 43.3 Å². The fourth-order valence-corrected chi connectivity index (χ4v) is 4.67. The number of sulfonamides is 1. The molecule has 0 atom stereocenters. The Morgan fingerprint density at radius 1 is 1.12 bits per heavy atom. The molecule has 144 valence electrons. The number of ketones is 1. The highest BCUT2D eigenvalue weighted by atomic mass is 32.2. The van der Waals surface area contributed by atoms with Crippen molar-refractivity contribution in [3.63, 3.8) is 0 Å². The molecule has 0 radical (unpaired) electrons. The lowest BCUT2D eigenvalue weighted by Gasteiger charge is -2.25. The summed E-state index contributed by atoms with van der Waals surface area (Å²) >= 11 is 0. The van der Waals surface area contributed by atoms with Gasteiger partial charge >= 0.3 is 0 Å². The van der Waals surface area contributed by atoms with Crippen molar-refractivity contribution in [3.05, 3.63) is 29.3 Å². The smallest absolute Gasteiger partial charge is 0.224 e. The maximum Gasteiger partial charge on any atom is 0.224 e. The molecule has 1 heterocycles. The van der Waals surface area contributed by atoms with E-state index in [1.807, 2.05) is 6.92 Å². The van der Waals surface area contributed by atoms with Gasteiger partial charge in [-0.05, 0) is 51.2 Å². The van der Waals surface area contributed by atoms with Crippen molar-refractivity contribution in [2.24, 2.45) is 0 Å². The third-order valence-electron chi connectivity index (χ3n) is 4.68. The minimum atomic E-state index is -3.20. The van der Waals surface area contributed by atoms with Crippen molar-refractivity contribution < 1.29 is 18.0 Å². The average molecular weight is 381 g/mol. The quantitative estimate of drug-likeness (QED) is 0.555. The van der Waals surface area contributed by atoms with E-state index in [4.69, 9.17) is 0 Å². The van der Waals surface area contributed by atoms with Crippen LogP contribution in [-0.2, 0) is 14.8 Å². The zero-order valence-corrected chi connectivity index (χ0v) is 16.4. The van der Waals surface area contributed by atoms with Crippen molar-refractivity contribution in [1.82, 2.24) is 4.31 Å². The Bertz CT molecular complexity index is 753. The number of piperidine rings is 1. The molecule has 0 unspecified atom stereocenters. The van der Waals surface area contributed by atoms with Crippen molar-refractivity contribution in [3.8, 4) is 0 Å². The maximum absolute atomic E-state index is 12.3. The van der Waals surface area contributed by atoms with Gasteiger partial charge in [-0.3, -0.25) is 9.59 Å². The van der Waals surface area contributed by atoms with E-state index < -0.39 is 10.0 Å². The first-order valence-corrected chi connectivity index (χ1v) is 10.8. The summed E-state index contributed by atoms with van der Waals surface area (Å²) in [6.07, 6.45) is 4.21. The van der Waals surface area contributed by atoms with E-state index in [1.165, 1.54) is 6.92 Å². The molecule has 0 bridgehead atoms. The monoisotopic (exact) mass is 380 g/mol. The van der Waals surface area contributed by atoms with Crippen LogP contribution >= 0.6 is 0 Å². The zero-order valence-electron chi connectivity index (χ0n) is 15.6. The highest BCUT2D eigenvalue weighted by Gasteiger charge is 2.23. The standard InChI is InChI=1S/C19H28N2O4S/c1-15-9-10-17(16(2)22)14-18(15)20-19(23)8-4-7-13-26(24,25)21-11-5-3-6-12-21/h9-10,14H,3-8,11-13H2,1-2H3,(H,20,23). The van der Waals surface area contributed by atoms with Crippen LogP contribution in [0.25, 0.3) is 0 Å². The van der Waals surface area contributed by atoms with E-state index in [0.29, 0.717) is 37.2 Å². The molecule has 1 N–H and O–H groups in total.